The minimum atomic E-state index is -3.34. The van der Waals surface area contributed by atoms with Crippen LogP contribution in [0.2, 0.25) is 5.02 Å². The second-order valence-electron chi connectivity index (χ2n) is 5.22. The molecule has 2 aromatic heterocycles. The fourth-order valence-electron chi connectivity index (χ4n) is 2.22. The van der Waals surface area contributed by atoms with E-state index in [4.69, 9.17) is 11.6 Å². The summed E-state index contributed by atoms with van der Waals surface area (Å²) in [6, 6.07) is 8.68. The summed E-state index contributed by atoms with van der Waals surface area (Å²) in [7, 11) is -3.34. The van der Waals surface area contributed by atoms with Crippen LogP contribution in [0.15, 0.2) is 47.6 Å². The van der Waals surface area contributed by atoms with Crippen molar-refractivity contribution >= 4 is 43.6 Å². The number of hydrogen-bond acceptors (Lipinski definition) is 6. The summed E-state index contributed by atoms with van der Waals surface area (Å²) in [6.45, 7) is 1.90. The molecular weight excluding hydrogens is 366 g/mol. The van der Waals surface area contributed by atoms with E-state index in [1.54, 1.807) is 24.5 Å². The van der Waals surface area contributed by atoms with E-state index in [1.165, 1.54) is 17.4 Å². The first-order valence-electron chi connectivity index (χ1n) is 6.99. The summed E-state index contributed by atoms with van der Waals surface area (Å²) in [6.07, 6.45) is 4.56. The van der Waals surface area contributed by atoms with Crippen LogP contribution in [0.4, 0.5) is 10.8 Å². The number of nitrogens with one attached hydrogen (secondary N) is 1. The van der Waals surface area contributed by atoms with Gasteiger partial charge in [-0.3, -0.25) is 4.98 Å². The Bertz CT molecular complexity index is 986. The number of anilines is 2. The molecule has 0 unspecified atom stereocenters. The van der Waals surface area contributed by atoms with Crippen LogP contribution in [-0.2, 0) is 9.84 Å². The molecule has 3 rings (SSSR count). The van der Waals surface area contributed by atoms with Gasteiger partial charge in [0.2, 0.25) is 0 Å². The van der Waals surface area contributed by atoms with Gasteiger partial charge >= 0.3 is 0 Å². The average molecular weight is 380 g/mol. The first-order valence-corrected chi connectivity index (χ1v) is 10.1. The molecule has 2 heterocycles. The van der Waals surface area contributed by atoms with Crippen LogP contribution < -0.4 is 5.32 Å². The number of aryl methyl sites for hydroxylation is 1. The maximum absolute atomic E-state index is 11.7. The van der Waals surface area contributed by atoms with Crippen LogP contribution in [0.3, 0.4) is 0 Å². The molecule has 0 aliphatic carbocycles. The van der Waals surface area contributed by atoms with E-state index in [2.05, 4.69) is 15.3 Å². The highest BCUT2D eigenvalue weighted by Gasteiger charge is 2.16. The molecule has 0 atom stereocenters. The van der Waals surface area contributed by atoms with Crippen LogP contribution in [-0.4, -0.2) is 24.6 Å². The van der Waals surface area contributed by atoms with Crippen LogP contribution in [0.5, 0.6) is 0 Å². The number of pyridine rings is 1. The first-order chi connectivity index (χ1) is 11.3. The van der Waals surface area contributed by atoms with Crippen molar-refractivity contribution in [2.45, 2.75) is 11.8 Å². The van der Waals surface area contributed by atoms with Crippen molar-refractivity contribution in [1.29, 1.82) is 0 Å². The quantitative estimate of drug-likeness (QED) is 0.731. The van der Waals surface area contributed by atoms with Crippen molar-refractivity contribution in [2.24, 2.45) is 0 Å². The van der Waals surface area contributed by atoms with E-state index in [-0.39, 0.29) is 9.92 Å². The Morgan fingerprint density at radius 3 is 2.67 bits per heavy atom. The summed E-state index contributed by atoms with van der Waals surface area (Å²) in [4.78, 5) is 9.62. The van der Waals surface area contributed by atoms with Crippen LogP contribution in [0.1, 0.15) is 5.69 Å². The molecule has 124 valence electrons. The van der Waals surface area contributed by atoms with Gasteiger partial charge in [0, 0.05) is 12.5 Å². The highest BCUT2D eigenvalue weighted by Crippen LogP contribution is 2.36. The van der Waals surface area contributed by atoms with Gasteiger partial charge in [-0.15, -0.1) is 0 Å². The molecule has 0 saturated carbocycles. The Morgan fingerprint density at radius 2 is 2.04 bits per heavy atom. The molecule has 1 N–H and O–H groups in total. The number of benzene rings is 1. The molecule has 0 amide bonds. The third-order valence-corrected chi connectivity index (χ3v) is 6.00. The molecule has 0 spiro atoms. The molecule has 8 heteroatoms. The number of aromatic nitrogens is 2. The number of thiazole rings is 1. The van der Waals surface area contributed by atoms with Gasteiger partial charge in [-0.2, -0.15) is 0 Å². The van der Waals surface area contributed by atoms with Gasteiger partial charge in [0.1, 0.15) is 0 Å². The number of halogens is 1. The number of nitrogens with zero attached hydrogens (tertiary/aromatic N) is 2. The molecule has 5 nitrogen and oxygen atoms in total. The van der Waals surface area contributed by atoms with E-state index in [0.717, 1.165) is 33.2 Å². The lowest BCUT2D eigenvalue weighted by Gasteiger charge is -2.04. The highest BCUT2D eigenvalue weighted by molar-refractivity contribution is 7.90. The minimum Gasteiger partial charge on any atom is -0.330 e. The van der Waals surface area contributed by atoms with Crippen molar-refractivity contribution in [3.8, 4) is 10.4 Å². The van der Waals surface area contributed by atoms with Gasteiger partial charge < -0.3 is 5.32 Å². The second kappa shape index (κ2) is 6.51. The monoisotopic (exact) mass is 379 g/mol. The Hall–Kier alpha value is -1.96. The smallest absolute Gasteiger partial charge is 0.188 e. The summed E-state index contributed by atoms with van der Waals surface area (Å²) in [5.41, 5.74) is 2.53. The molecule has 1 aromatic carbocycles. The molecule has 0 fully saturated rings. The fraction of sp³-hybridized carbons (Fsp3) is 0.125. The van der Waals surface area contributed by atoms with Crippen molar-refractivity contribution in [1.82, 2.24) is 9.97 Å². The average Bonchev–Trinajstić information content (AvgIpc) is 2.87. The second-order valence-corrected chi connectivity index (χ2v) is 8.61. The van der Waals surface area contributed by atoms with Crippen molar-refractivity contribution in [3.63, 3.8) is 0 Å². The normalized spacial score (nSPS) is 11.5. The molecule has 0 aliphatic rings. The van der Waals surface area contributed by atoms with Crippen molar-refractivity contribution in [3.05, 3.63) is 53.4 Å². The minimum absolute atomic E-state index is 0.129. The van der Waals surface area contributed by atoms with Crippen LogP contribution >= 0.6 is 22.9 Å². The summed E-state index contributed by atoms with van der Waals surface area (Å²) < 4.78 is 23.3. The topological polar surface area (TPSA) is 72.0 Å². The summed E-state index contributed by atoms with van der Waals surface area (Å²) >= 11 is 7.61. The highest BCUT2D eigenvalue weighted by atomic mass is 35.5. The Morgan fingerprint density at radius 1 is 1.25 bits per heavy atom. The summed E-state index contributed by atoms with van der Waals surface area (Å²) in [5.74, 6) is 0. The van der Waals surface area contributed by atoms with Crippen LogP contribution in [0.25, 0.3) is 10.4 Å². The molecular formula is C16H14ClN3O2S2. The number of hydrogen-bond donors (Lipinski definition) is 1. The predicted molar refractivity (Wildman–Crippen MR) is 97.9 cm³/mol. The van der Waals surface area contributed by atoms with Gasteiger partial charge in [-0.1, -0.05) is 29.0 Å². The Kier molecular flexibility index (Phi) is 4.58. The van der Waals surface area contributed by atoms with Crippen molar-refractivity contribution < 1.29 is 8.42 Å². The zero-order valence-electron chi connectivity index (χ0n) is 12.9. The van der Waals surface area contributed by atoms with Gasteiger partial charge in [0.25, 0.3) is 0 Å². The van der Waals surface area contributed by atoms with Crippen molar-refractivity contribution in [2.75, 3.05) is 11.6 Å². The lowest BCUT2D eigenvalue weighted by Crippen LogP contribution is -1.97. The first kappa shape index (κ1) is 16.9. The van der Waals surface area contributed by atoms with E-state index in [9.17, 15) is 8.42 Å². The largest absolute Gasteiger partial charge is 0.330 e. The lowest BCUT2D eigenvalue weighted by molar-refractivity contribution is 0.602. The fourth-order valence-corrected chi connectivity index (χ4v) is 4.53. The third kappa shape index (κ3) is 3.58. The number of sulfone groups is 1. The standard InChI is InChI=1S/C16H14ClN3O2S2/c1-10-15(11-5-6-14(13(17)8-11)24(2,21)22)23-16(19-10)20-12-4-3-7-18-9-12/h3-9H,1-2H3,(H,19,20). The maximum atomic E-state index is 11.7. The molecule has 0 bridgehead atoms. The van der Waals surface area contributed by atoms with Crippen LogP contribution in [0, 0.1) is 6.92 Å². The van der Waals surface area contributed by atoms with E-state index in [0.29, 0.717) is 0 Å². The Balaban J connectivity index is 1.95. The molecule has 0 saturated heterocycles. The predicted octanol–water partition coefficient (Wildman–Crippen LogP) is 4.31. The maximum Gasteiger partial charge on any atom is 0.188 e. The van der Waals surface area contributed by atoms with E-state index < -0.39 is 9.84 Å². The number of rotatable bonds is 4. The van der Waals surface area contributed by atoms with Gasteiger partial charge in [0.05, 0.1) is 32.4 Å². The molecule has 0 radical (unpaired) electrons. The molecule has 3 aromatic rings. The third-order valence-electron chi connectivity index (χ3n) is 3.30. The zero-order valence-corrected chi connectivity index (χ0v) is 15.3. The summed E-state index contributed by atoms with van der Waals surface area (Å²) in [5, 5.41) is 4.15. The molecule has 24 heavy (non-hydrogen) atoms. The molecule has 0 aliphatic heterocycles. The van der Waals surface area contributed by atoms with Gasteiger partial charge in [0.15, 0.2) is 15.0 Å². The zero-order chi connectivity index (χ0) is 17.3. The lowest BCUT2D eigenvalue weighted by atomic mass is 10.2. The van der Waals surface area contributed by atoms with E-state index in [1.807, 2.05) is 19.1 Å². The van der Waals surface area contributed by atoms with E-state index >= 15 is 0 Å². The SMILES string of the molecule is Cc1nc(Nc2cccnc2)sc1-c1ccc(S(C)(=O)=O)c(Cl)c1. The van der Waals surface area contributed by atoms with Gasteiger partial charge in [-0.25, -0.2) is 13.4 Å². The van der Waals surface area contributed by atoms with Gasteiger partial charge in [-0.05, 0) is 36.8 Å². The Labute approximate surface area is 149 Å².